The number of imidazole rings is 1. The SMILES string of the molecule is CC(=O)C(C)n1c(C2CC(=O)N(c3cccc(Br)c3)C2)nc2ccccc21. The number of nitrogens with zero attached hydrogens (tertiary/aromatic N) is 3. The molecule has 1 fully saturated rings. The number of carbonyl (C=O) groups excluding carboxylic acids is 2. The topological polar surface area (TPSA) is 55.2 Å². The Labute approximate surface area is 166 Å². The van der Waals surface area contributed by atoms with Crippen molar-refractivity contribution in [2.24, 2.45) is 0 Å². The maximum atomic E-state index is 12.7. The van der Waals surface area contributed by atoms with Gasteiger partial charge in [0.05, 0.1) is 17.1 Å². The van der Waals surface area contributed by atoms with Crippen LogP contribution in [0.1, 0.15) is 38.1 Å². The minimum Gasteiger partial charge on any atom is -0.317 e. The number of aromatic nitrogens is 2. The van der Waals surface area contributed by atoms with Gasteiger partial charge >= 0.3 is 0 Å². The highest BCUT2D eigenvalue weighted by atomic mass is 79.9. The molecule has 0 radical (unpaired) electrons. The van der Waals surface area contributed by atoms with Gasteiger partial charge in [-0.3, -0.25) is 9.59 Å². The van der Waals surface area contributed by atoms with Crippen LogP contribution in [-0.4, -0.2) is 27.8 Å². The third kappa shape index (κ3) is 3.18. The molecular formula is C21H20BrN3O2. The van der Waals surface area contributed by atoms with E-state index >= 15 is 0 Å². The zero-order chi connectivity index (χ0) is 19.1. The van der Waals surface area contributed by atoms with Crippen LogP contribution < -0.4 is 4.90 Å². The molecular weight excluding hydrogens is 406 g/mol. The Bertz CT molecular complexity index is 1040. The van der Waals surface area contributed by atoms with Gasteiger partial charge in [0.15, 0.2) is 5.78 Å². The van der Waals surface area contributed by atoms with Crippen molar-refractivity contribution in [3.63, 3.8) is 0 Å². The monoisotopic (exact) mass is 425 g/mol. The summed E-state index contributed by atoms with van der Waals surface area (Å²) in [5.41, 5.74) is 2.66. The number of Topliss-reactive ketones (excluding diaryl/α,β-unsaturated/α-hetero) is 1. The summed E-state index contributed by atoms with van der Waals surface area (Å²) in [6.07, 6.45) is 0.389. The van der Waals surface area contributed by atoms with Crippen LogP contribution >= 0.6 is 15.9 Å². The third-order valence-corrected chi connectivity index (χ3v) is 5.70. The van der Waals surface area contributed by atoms with Crippen LogP contribution in [0, 0.1) is 0 Å². The number of anilines is 1. The van der Waals surface area contributed by atoms with Crippen LogP contribution in [0.4, 0.5) is 5.69 Å². The standard InChI is InChI=1S/C21H20BrN3O2/c1-13(14(2)26)25-19-9-4-3-8-18(19)23-21(25)15-10-20(27)24(12-15)17-7-5-6-16(22)11-17/h3-9,11,13,15H,10,12H2,1-2H3. The Morgan fingerprint density at radius 2 is 2.00 bits per heavy atom. The van der Waals surface area contributed by atoms with Gasteiger partial charge < -0.3 is 9.47 Å². The quantitative estimate of drug-likeness (QED) is 0.619. The fourth-order valence-corrected chi connectivity index (χ4v) is 4.10. The molecule has 0 N–H and O–H groups in total. The lowest BCUT2D eigenvalue weighted by molar-refractivity contribution is -0.119. The first-order valence-corrected chi connectivity index (χ1v) is 9.78. The van der Waals surface area contributed by atoms with Gasteiger partial charge in [0, 0.05) is 29.0 Å². The fraction of sp³-hybridized carbons (Fsp3) is 0.286. The molecule has 1 saturated heterocycles. The van der Waals surface area contributed by atoms with E-state index in [0.29, 0.717) is 13.0 Å². The first-order valence-electron chi connectivity index (χ1n) is 8.99. The zero-order valence-corrected chi connectivity index (χ0v) is 16.8. The molecule has 3 aromatic rings. The Morgan fingerprint density at radius 3 is 2.74 bits per heavy atom. The van der Waals surface area contributed by atoms with Gasteiger partial charge in [-0.25, -0.2) is 4.98 Å². The maximum Gasteiger partial charge on any atom is 0.227 e. The lowest BCUT2D eigenvalue weighted by Crippen LogP contribution is -2.25. The van der Waals surface area contributed by atoms with Gasteiger partial charge in [-0.05, 0) is 44.2 Å². The number of ketones is 1. The molecule has 0 saturated carbocycles. The van der Waals surface area contributed by atoms with Crippen molar-refractivity contribution in [2.75, 3.05) is 11.4 Å². The number of carbonyl (C=O) groups is 2. The van der Waals surface area contributed by atoms with Gasteiger partial charge in [0.25, 0.3) is 0 Å². The molecule has 0 aliphatic carbocycles. The molecule has 1 aromatic heterocycles. The van der Waals surface area contributed by atoms with Crippen LogP contribution in [0.2, 0.25) is 0 Å². The maximum absolute atomic E-state index is 12.7. The van der Waals surface area contributed by atoms with E-state index in [0.717, 1.165) is 27.0 Å². The van der Waals surface area contributed by atoms with E-state index < -0.39 is 0 Å². The number of halogens is 1. The van der Waals surface area contributed by atoms with Crippen molar-refractivity contribution < 1.29 is 9.59 Å². The molecule has 5 nitrogen and oxygen atoms in total. The Balaban J connectivity index is 1.76. The van der Waals surface area contributed by atoms with Gasteiger partial charge in [-0.15, -0.1) is 0 Å². The first-order chi connectivity index (χ1) is 13.0. The third-order valence-electron chi connectivity index (χ3n) is 5.21. The Morgan fingerprint density at radius 1 is 1.22 bits per heavy atom. The van der Waals surface area contributed by atoms with E-state index in [2.05, 4.69) is 15.9 Å². The second-order valence-electron chi connectivity index (χ2n) is 7.00. The molecule has 0 bridgehead atoms. The number of hydrogen-bond acceptors (Lipinski definition) is 3. The van der Waals surface area contributed by atoms with Crippen molar-refractivity contribution in [1.29, 1.82) is 0 Å². The van der Waals surface area contributed by atoms with E-state index in [1.807, 2.05) is 60.0 Å². The van der Waals surface area contributed by atoms with E-state index in [9.17, 15) is 9.59 Å². The summed E-state index contributed by atoms with van der Waals surface area (Å²) in [5, 5.41) is 0. The molecule has 2 unspecified atom stereocenters. The van der Waals surface area contributed by atoms with E-state index in [4.69, 9.17) is 4.98 Å². The predicted octanol–water partition coefficient (Wildman–Crippen LogP) is 4.47. The largest absolute Gasteiger partial charge is 0.317 e. The molecule has 6 heteroatoms. The summed E-state index contributed by atoms with van der Waals surface area (Å²) in [4.78, 5) is 31.4. The highest BCUT2D eigenvalue weighted by Crippen LogP contribution is 2.35. The van der Waals surface area contributed by atoms with E-state index in [-0.39, 0.29) is 23.7 Å². The molecule has 2 aromatic carbocycles. The van der Waals surface area contributed by atoms with E-state index in [1.54, 1.807) is 11.8 Å². The second kappa shape index (κ2) is 6.93. The number of para-hydroxylation sites is 2. The zero-order valence-electron chi connectivity index (χ0n) is 15.2. The van der Waals surface area contributed by atoms with Crippen LogP contribution in [0.25, 0.3) is 11.0 Å². The summed E-state index contributed by atoms with van der Waals surface area (Å²) < 4.78 is 2.94. The van der Waals surface area contributed by atoms with Gasteiger partial charge in [-0.2, -0.15) is 0 Å². The Kier molecular flexibility index (Phi) is 4.60. The molecule has 4 rings (SSSR count). The average Bonchev–Trinajstić information content (AvgIpc) is 3.21. The van der Waals surface area contributed by atoms with Gasteiger partial charge in [0.2, 0.25) is 5.91 Å². The van der Waals surface area contributed by atoms with Crippen LogP contribution in [0.5, 0.6) is 0 Å². The lowest BCUT2D eigenvalue weighted by atomic mass is 10.1. The van der Waals surface area contributed by atoms with Crippen LogP contribution in [-0.2, 0) is 9.59 Å². The normalized spacial score (nSPS) is 18.3. The lowest BCUT2D eigenvalue weighted by Gasteiger charge is -2.19. The number of amides is 1. The second-order valence-corrected chi connectivity index (χ2v) is 7.92. The summed E-state index contributed by atoms with van der Waals surface area (Å²) in [5.74, 6) is 0.912. The molecule has 0 spiro atoms. The van der Waals surface area contributed by atoms with Crippen LogP contribution in [0.15, 0.2) is 53.0 Å². The fourth-order valence-electron chi connectivity index (χ4n) is 3.71. The summed E-state index contributed by atoms with van der Waals surface area (Å²) in [7, 11) is 0. The summed E-state index contributed by atoms with van der Waals surface area (Å²) in [6, 6.07) is 15.2. The van der Waals surface area contributed by atoms with Gasteiger partial charge in [0.1, 0.15) is 5.82 Å². The minimum absolute atomic E-state index is 0.0503. The minimum atomic E-state index is -0.317. The number of benzene rings is 2. The van der Waals surface area contributed by atoms with Crippen molar-refractivity contribution in [1.82, 2.24) is 9.55 Å². The number of rotatable bonds is 4. The Hall–Kier alpha value is -2.47. The summed E-state index contributed by atoms with van der Waals surface area (Å²) >= 11 is 3.47. The molecule has 138 valence electrons. The van der Waals surface area contributed by atoms with Crippen molar-refractivity contribution in [3.05, 3.63) is 58.8 Å². The average molecular weight is 426 g/mol. The van der Waals surface area contributed by atoms with Crippen molar-refractivity contribution in [3.8, 4) is 0 Å². The predicted molar refractivity (Wildman–Crippen MR) is 109 cm³/mol. The highest BCUT2D eigenvalue weighted by Gasteiger charge is 2.36. The van der Waals surface area contributed by atoms with E-state index in [1.165, 1.54) is 0 Å². The van der Waals surface area contributed by atoms with Crippen LogP contribution in [0.3, 0.4) is 0 Å². The number of fused-ring (bicyclic) bond motifs is 1. The molecule has 1 amide bonds. The molecule has 1 aliphatic rings. The molecule has 2 heterocycles. The van der Waals surface area contributed by atoms with Crippen molar-refractivity contribution >= 4 is 44.3 Å². The van der Waals surface area contributed by atoms with Gasteiger partial charge in [-0.1, -0.05) is 34.1 Å². The highest BCUT2D eigenvalue weighted by molar-refractivity contribution is 9.10. The van der Waals surface area contributed by atoms with Crippen molar-refractivity contribution in [2.45, 2.75) is 32.2 Å². The molecule has 27 heavy (non-hydrogen) atoms. The molecule has 2 atom stereocenters. The smallest absolute Gasteiger partial charge is 0.227 e. The summed E-state index contributed by atoms with van der Waals surface area (Å²) in [6.45, 7) is 4.04. The first kappa shape index (κ1) is 17.9. The molecule has 1 aliphatic heterocycles. The number of hydrogen-bond donors (Lipinski definition) is 0.